The molecule has 0 aliphatic carbocycles. The second-order valence-electron chi connectivity index (χ2n) is 3.33. The minimum absolute atomic E-state index is 0.337. The molecule has 0 atom stereocenters. The molecule has 1 aromatic rings. The van der Waals surface area contributed by atoms with Crippen molar-refractivity contribution in [2.45, 2.75) is 37.3 Å². The smallest absolute Gasteiger partial charge is 0.224 e. The summed E-state index contributed by atoms with van der Waals surface area (Å²) in [6, 6.07) is 0. The highest BCUT2D eigenvalue weighted by Crippen LogP contribution is 2.27. The number of sulfonamides is 1. The van der Waals surface area contributed by atoms with E-state index >= 15 is 0 Å². The number of nitrogens with two attached hydrogens (primary N) is 1. The second kappa shape index (κ2) is 4.42. The first-order valence-corrected chi connectivity index (χ1v) is 6.99. The number of unbranched alkanes of at least 4 members (excludes halogenated alkanes) is 1. The van der Waals surface area contributed by atoms with E-state index in [0.717, 1.165) is 30.4 Å². The summed E-state index contributed by atoms with van der Waals surface area (Å²) >= 11 is 1.22. The zero-order chi connectivity index (χ0) is 10.8. The molecule has 2 N–H and O–H groups in total. The molecule has 80 valence electrons. The molecule has 3 nitrogen and oxygen atoms in total. The molecule has 0 saturated heterocycles. The minimum atomic E-state index is -3.52. The molecule has 0 aromatic carbocycles. The van der Waals surface area contributed by atoms with E-state index in [-0.39, 0.29) is 0 Å². The van der Waals surface area contributed by atoms with E-state index in [1.54, 1.807) is 0 Å². The van der Waals surface area contributed by atoms with Gasteiger partial charge in [0.05, 0.1) is 0 Å². The summed E-state index contributed by atoms with van der Waals surface area (Å²) in [6.45, 7) is 4.01. The average molecular weight is 233 g/mol. The topological polar surface area (TPSA) is 60.2 Å². The fourth-order valence-corrected chi connectivity index (χ4v) is 3.46. The molecule has 1 heterocycles. The van der Waals surface area contributed by atoms with Crippen LogP contribution in [0, 0.1) is 6.92 Å². The number of hydrogen-bond donors (Lipinski definition) is 1. The van der Waals surface area contributed by atoms with E-state index in [0.29, 0.717) is 4.21 Å². The number of aryl methyl sites for hydroxylation is 1. The predicted molar refractivity (Wildman–Crippen MR) is 59.0 cm³/mol. The monoisotopic (exact) mass is 233 g/mol. The maximum Gasteiger partial charge on any atom is 0.247 e. The molecule has 0 amide bonds. The van der Waals surface area contributed by atoms with Gasteiger partial charge in [-0.1, -0.05) is 13.3 Å². The Bertz CT molecular complexity index is 406. The first kappa shape index (κ1) is 11.7. The van der Waals surface area contributed by atoms with Crippen molar-refractivity contribution in [1.82, 2.24) is 0 Å². The Hall–Kier alpha value is -0.390. The molecular formula is C9H15NO2S2. The molecule has 0 fully saturated rings. The molecule has 0 spiro atoms. The summed E-state index contributed by atoms with van der Waals surface area (Å²) in [5.41, 5.74) is 1.94. The Morgan fingerprint density at radius 2 is 2.14 bits per heavy atom. The third-order valence-electron chi connectivity index (χ3n) is 2.10. The Morgan fingerprint density at radius 3 is 2.64 bits per heavy atom. The highest BCUT2D eigenvalue weighted by atomic mass is 32.2. The Kier molecular flexibility index (Phi) is 3.69. The van der Waals surface area contributed by atoms with Crippen molar-refractivity contribution in [2.24, 2.45) is 5.14 Å². The molecule has 5 heteroatoms. The highest BCUT2D eigenvalue weighted by Gasteiger charge is 2.17. The van der Waals surface area contributed by atoms with Gasteiger partial charge in [-0.05, 0) is 36.3 Å². The largest absolute Gasteiger partial charge is 0.247 e. The highest BCUT2D eigenvalue weighted by molar-refractivity contribution is 7.91. The fourth-order valence-electron chi connectivity index (χ4n) is 1.34. The summed E-state index contributed by atoms with van der Waals surface area (Å²) in [4.78, 5) is 0. The van der Waals surface area contributed by atoms with Gasteiger partial charge >= 0.3 is 0 Å². The predicted octanol–water partition coefficient (Wildman–Crippen LogP) is 2.05. The van der Waals surface area contributed by atoms with E-state index in [4.69, 9.17) is 5.14 Å². The number of rotatable bonds is 4. The van der Waals surface area contributed by atoms with Gasteiger partial charge in [-0.2, -0.15) is 0 Å². The average Bonchev–Trinajstić information content (AvgIpc) is 2.42. The van der Waals surface area contributed by atoms with Crippen molar-refractivity contribution in [1.29, 1.82) is 0 Å². The molecule has 0 saturated carbocycles. The van der Waals surface area contributed by atoms with Gasteiger partial charge in [0, 0.05) is 0 Å². The summed E-state index contributed by atoms with van der Waals surface area (Å²) in [6.07, 6.45) is 2.86. The fraction of sp³-hybridized carbons (Fsp3) is 0.556. The molecule has 1 aromatic heterocycles. The van der Waals surface area contributed by atoms with Crippen molar-refractivity contribution in [3.05, 3.63) is 16.5 Å². The summed E-state index contributed by atoms with van der Waals surface area (Å²) in [5.74, 6) is 0. The van der Waals surface area contributed by atoms with Gasteiger partial charge in [-0.3, -0.25) is 0 Å². The summed E-state index contributed by atoms with van der Waals surface area (Å²) in [7, 11) is -3.52. The number of primary sulfonamides is 1. The third kappa shape index (κ3) is 2.56. The normalized spacial score (nSPS) is 11.9. The molecule has 0 radical (unpaired) electrons. The standard InChI is InChI=1S/C9H15NO2S2/c1-3-4-5-8-7(2)6-13-9(8)14(10,11)12/h6H,3-5H2,1-2H3,(H2,10,11,12). The van der Waals surface area contributed by atoms with Gasteiger partial charge < -0.3 is 0 Å². The van der Waals surface area contributed by atoms with Crippen LogP contribution in [0.5, 0.6) is 0 Å². The first-order valence-electron chi connectivity index (χ1n) is 4.56. The van der Waals surface area contributed by atoms with Gasteiger partial charge in [-0.15, -0.1) is 11.3 Å². The lowest BCUT2D eigenvalue weighted by Crippen LogP contribution is -2.12. The summed E-state index contributed by atoms with van der Waals surface area (Å²) in [5, 5.41) is 6.98. The van der Waals surface area contributed by atoms with Crippen LogP contribution in [0.3, 0.4) is 0 Å². The van der Waals surface area contributed by atoms with Crippen molar-refractivity contribution in [2.75, 3.05) is 0 Å². The van der Waals surface area contributed by atoms with Gasteiger partial charge in [0.25, 0.3) is 0 Å². The maximum atomic E-state index is 11.2. The SMILES string of the molecule is CCCCc1c(C)csc1S(N)(=O)=O. The quantitative estimate of drug-likeness (QED) is 0.865. The van der Waals surface area contributed by atoms with Crippen LogP contribution in [-0.2, 0) is 16.4 Å². The van der Waals surface area contributed by atoms with Crippen LogP contribution >= 0.6 is 11.3 Å². The molecular weight excluding hydrogens is 218 g/mol. The van der Waals surface area contributed by atoms with Crippen LogP contribution in [0.1, 0.15) is 30.9 Å². The lowest BCUT2D eigenvalue weighted by Gasteiger charge is -2.02. The van der Waals surface area contributed by atoms with Crippen molar-refractivity contribution >= 4 is 21.4 Å². The Morgan fingerprint density at radius 1 is 1.50 bits per heavy atom. The van der Waals surface area contributed by atoms with Crippen LogP contribution in [0.2, 0.25) is 0 Å². The van der Waals surface area contributed by atoms with Gasteiger partial charge in [0.1, 0.15) is 4.21 Å². The van der Waals surface area contributed by atoms with Crippen LogP contribution in [-0.4, -0.2) is 8.42 Å². The first-order chi connectivity index (χ1) is 6.46. The van der Waals surface area contributed by atoms with E-state index in [1.807, 2.05) is 12.3 Å². The number of hydrogen-bond acceptors (Lipinski definition) is 3. The van der Waals surface area contributed by atoms with Crippen molar-refractivity contribution in [3.63, 3.8) is 0 Å². The van der Waals surface area contributed by atoms with E-state index < -0.39 is 10.0 Å². The second-order valence-corrected chi connectivity index (χ2v) is 5.97. The Labute approximate surface area is 89.0 Å². The molecule has 0 unspecified atom stereocenters. The van der Waals surface area contributed by atoms with Gasteiger partial charge in [0.15, 0.2) is 0 Å². The lowest BCUT2D eigenvalue weighted by molar-refractivity contribution is 0.598. The zero-order valence-electron chi connectivity index (χ0n) is 8.41. The van der Waals surface area contributed by atoms with Crippen LogP contribution in [0.15, 0.2) is 9.59 Å². The van der Waals surface area contributed by atoms with Crippen LogP contribution in [0.25, 0.3) is 0 Å². The Balaban J connectivity index is 3.07. The summed E-state index contributed by atoms with van der Waals surface area (Å²) < 4.78 is 22.8. The number of thiophene rings is 1. The van der Waals surface area contributed by atoms with Gasteiger partial charge in [0.2, 0.25) is 10.0 Å². The van der Waals surface area contributed by atoms with E-state index in [1.165, 1.54) is 11.3 Å². The molecule has 14 heavy (non-hydrogen) atoms. The van der Waals surface area contributed by atoms with Crippen molar-refractivity contribution in [3.8, 4) is 0 Å². The molecule has 1 rings (SSSR count). The molecule has 0 aliphatic heterocycles. The van der Waals surface area contributed by atoms with Gasteiger partial charge in [-0.25, -0.2) is 13.6 Å². The van der Waals surface area contributed by atoms with Crippen molar-refractivity contribution < 1.29 is 8.42 Å². The van der Waals surface area contributed by atoms with E-state index in [2.05, 4.69) is 6.92 Å². The molecule has 0 aliphatic rings. The lowest BCUT2D eigenvalue weighted by atomic mass is 10.1. The van der Waals surface area contributed by atoms with E-state index in [9.17, 15) is 8.42 Å². The third-order valence-corrected chi connectivity index (χ3v) is 4.78. The van der Waals surface area contributed by atoms with Crippen LogP contribution in [0.4, 0.5) is 0 Å². The zero-order valence-corrected chi connectivity index (χ0v) is 10.0. The minimum Gasteiger partial charge on any atom is -0.224 e. The van der Waals surface area contributed by atoms with Crippen LogP contribution < -0.4 is 5.14 Å². The maximum absolute atomic E-state index is 11.2. The molecule has 0 bridgehead atoms.